The minimum absolute atomic E-state index is 0.0796. The molecule has 1 aromatic heterocycles. The largest absolute Gasteiger partial charge is 0.335 e. The summed E-state index contributed by atoms with van der Waals surface area (Å²) in [6.07, 6.45) is 4.00. The van der Waals surface area contributed by atoms with E-state index in [1.165, 1.54) is 21.1 Å². The summed E-state index contributed by atoms with van der Waals surface area (Å²) in [4.78, 5) is 24.2. The SMILES string of the molecule is CCN(CC)S(=O)(=O)c1cccc(-c2nnc(SCC(=O)NC(=O)NC3CCCC3)n2N)c1. The van der Waals surface area contributed by atoms with E-state index in [4.69, 9.17) is 5.84 Å². The number of urea groups is 1. The van der Waals surface area contributed by atoms with Crippen molar-refractivity contribution in [3.8, 4) is 11.4 Å². The fourth-order valence-corrected chi connectivity index (χ4v) is 5.83. The Balaban J connectivity index is 1.65. The van der Waals surface area contributed by atoms with Crippen molar-refractivity contribution in [2.75, 3.05) is 24.7 Å². The van der Waals surface area contributed by atoms with Crippen molar-refractivity contribution in [2.24, 2.45) is 0 Å². The summed E-state index contributed by atoms with van der Waals surface area (Å²) in [5.74, 6) is 5.80. The van der Waals surface area contributed by atoms with Crippen molar-refractivity contribution < 1.29 is 18.0 Å². The molecule has 0 saturated heterocycles. The van der Waals surface area contributed by atoms with Gasteiger partial charge in [0.15, 0.2) is 5.82 Å². The Labute approximate surface area is 197 Å². The Morgan fingerprint density at radius 2 is 1.91 bits per heavy atom. The molecular formula is C20H29N7O4S2. The second-order valence-electron chi connectivity index (χ2n) is 7.59. The van der Waals surface area contributed by atoms with E-state index in [1.807, 2.05) is 0 Å². The van der Waals surface area contributed by atoms with Crippen LogP contribution in [0.1, 0.15) is 39.5 Å². The zero-order chi connectivity index (χ0) is 24.0. The zero-order valence-electron chi connectivity index (χ0n) is 18.7. The van der Waals surface area contributed by atoms with Crippen LogP contribution in [0.15, 0.2) is 34.3 Å². The molecule has 11 nitrogen and oxygen atoms in total. The van der Waals surface area contributed by atoms with Gasteiger partial charge in [-0.1, -0.05) is 50.6 Å². The maximum absolute atomic E-state index is 12.8. The minimum Gasteiger partial charge on any atom is -0.335 e. The number of benzene rings is 1. The van der Waals surface area contributed by atoms with Gasteiger partial charge in [0, 0.05) is 24.7 Å². The Kier molecular flexibility index (Phi) is 8.32. The molecule has 0 bridgehead atoms. The van der Waals surface area contributed by atoms with E-state index in [1.54, 1.807) is 26.0 Å². The van der Waals surface area contributed by atoms with Gasteiger partial charge >= 0.3 is 6.03 Å². The van der Waals surface area contributed by atoms with Crippen LogP contribution < -0.4 is 16.5 Å². The van der Waals surface area contributed by atoms with E-state index in [0.717, 1.165) is 37.4 Å². The van der Waals surface area contributed by atoms with Gasteiger partial charge in [-0.3, -0.25) is 10.1 Å². The van der Waals surface area contributed by atoms with Gasteiger partial charge in [0.1, 0.15) is 0 Å². The van der Waals surface area contributed by atoms with Crippen molar-refractivity contribution >= 4 is 33.7 Å². The van der Waals surface area contributed by atoms with E-state index in [0.29, 0.717) is 18.7 Å². The molecule has 180 valence electrons. The minimum atomic E-state index is -3.64. The number of hydrogen-bond donors (Lipinski definition) is 3. The molecule has 33 heavy (non-hydrogen) atoms. The maximum Gasteiger partial charge on any atom is 0.321 e. The maximum atomic E-state index is 12.8. The number of nitrogen functional groups attached to an aromatic ring is 1. The molecular weight excluding hydrogens is 466 g/mol. The summed E-state index contributed by atoms with van der Waals surface area (Å²) >= 11 is 1.02. The van der Waals surface area contributed by atoms with Crippen molar-refractivity contribution in [1.29, 1.82) is 0 Å². The molecule has 1 aliphatic rings. The number of nitrogens with zero attached hydrogens (tertiary/aromatic N) is 4. The molecule has 0 unspecified atom stereocenters. The van der Waals surface area contributed by atoms with Crippen molar-refractivity contribution in [3.63, 3.8) is 0 Å². The smallest absolute Gasteiger partial charge is 0.321 e. The van der Waals surface area contributed by atoms with Crippen LogP contribution in [0, 0.1) is 0 Å². The second-order valence-corrected chi connectivity index (χ2v) is 10.5. The Bertz CT molecular complexity index is 1090. The molecule has 3 amide bonds. The van der Waals surface area contributed by atoms with Gasteiger partial charge in [-0.15, -0.1) is 10.2 Å². The van der Waals surface area contributed by atoms with Crippen LogP contribution in [0.3, 0.4) is 0 Å². The molecule has 0 atom stereocenters. The number of thioether (sulfide) groups is 1. The normalized spacial score (nSPS) is 14.5. The number of rotatable bonds is 9. The number of nitrogens with one attached hydrogen (secondary N) is 2. The highest BCUT2D eigenvalue weighted by atomic mass is 32.2. The fraction of sp³-hybridized carbons (Fsp3) is 0.500. The van der Waals surface area contributed by atoms with Crippen molar-refractivity contribution in [1.82, 2.24) is 29.8 Å². The van der Waals surface area contributed by atoms with Gasteiger partial charge in [-0.25, -0.2) is 17.9 Å². The Morgan fingerprint density at radius 1 is 1.21 bits per heavy atom. The Morgan fingerprint density at radius 3 is 2.58 bits per heavy atom. The van der Waals surface area contributed by atoms with Gasteiger partial charge in [0.2, 0.25) is 21.1 Å². The third-order valence-corrected chi connectivity index (χ3v) is 8.36. The molecule has 1 aliphatic carbocycles. The summed E-state index contributed by atoms with van der Waals surface area (Å²) in [5, 5.41) is 13.4. The van der Waals surface area contributed by atoms with Crippen LogP contribution >= 0.6 is 11.8 Å². The van der Waals surface area contributed by atoms with Crippen LogP contribution in [0.4, 0.5) is 4.79 Å². The van der Waals surface area contributed by atoms with Gasteiger partial charge in [-0.2, -0.15) is 4.31 Å². The van der Waals surface area contributed by atoms with Crippen LogP contribution in [0.5, 0.6) is 0 Å². The summed E-state index contributed by atoms with van der Waals surface area (Å²) in [6.45, 7) is 4.27. The van der Waals surface area contributed by atoms with E-state index in [-0.39, 0.29) is 27.7 Å². The number of imide groups is 1. The average Bonchev–Trinajstić information content (AvgIpc) is 3.42. The first-order valence-electron chi connectivity index (χ1n) is 10.8. The van der Waals surface area contributed by atoms with E-state index >= 15 is 0 Å². The standard InChI is InChI=1S/C20H29N7O4S2/c1-3-26(4-2)33(30,31)16-11-7-8-14(12-16)18-24-25-20(27(18)21)32-13-17(28)23-19(29)22-15-9-5-6-10-15/h7-8,11-12,15H,3-6,9-10,13,21H2,1-2H3,(H2,22,23,28,29). The lowest BCUT2D eigenvalue weighted by Gasteiger charge is -2.18. The number of sulfonamides is 1. The number of amides is 3. The third-order valence-electron chi connectivity index (χ3n) is 5.38. The average molecular weight is 496 g/mol. The number of carbonyl (C=O) groups is 2. The van der Waals surface area contributed by atoms with E-state index in [9.17, 15) is 18.0 Å². The third kappa shape index (κ3) is 6.03. The predicted molar refractivity (Wildman–Crippen MR) is 125 cm³/mol. The molecule has 1 fully saturated rings. The highest BCUT2D eigenvalue weighted by Crippen LogP contribution is 2.25. The number of hydrogen-bond acceptors (Lipinski definition) is 8. The highest BCUT2D eigenvalue weighted by molar-refractivity contribution is 7.99. The molecule has 1 heterocycles. The molecule has 3 rings (SSSR count). The fourth-order valence-electron chi connectivity index (χ4n) is 3.66. The lowest BCUT2D eigenvalue weighted by molar-refractivity contribution is -0.117. The first-order valence-corrected chi connectivity index (χ1v) is 13.2. The van der Waals surface area contributed by atoms with E-state index < -0.39 is 22.0 Å². The molecule has 0 aliphatic heterocycles. The molecule has 1 saturated carbocycles. The molecule has 4 N–H and O–H groups in total. The lowest BCUT2D eigenvalue weighted by atomic mass is 10.2. The summed E-state index contributed by atoms with van der Waals surface area (Å²) in [5.41, 5.74) is 0.477. The van der Waals surface area contributed by atoms with Gasteiger partial charge in [-0.05, 0) is 25.0 Å². The molecule has 2 aromatic rings. The lowest BCUT2D eigenvalue weighted by Crippen LogP contribution is -2.44. The predicted octanol–water partition coefficient (Wildman–Crippen LogP) is 1.55. The molecule has 0 radical (unpaired) electrons. The van der Waals surface area contributed by atoms with Crippen LogP contribution in [-0.4, -0.2) is 64.4 Å². The topological polar surface area (TPSA) is 152 Å². The monoisotopic (exact) mass is 495 g/mol. The van der Waals surface area contributed by atoms with Crippen LogP contribution in [0.25, 0.3) is 11.4 Å². The van der Waals surface area contributed by atoms with Gasteiger partial charge in [0.05, 0.1) is 10.6 Å². The second kappa shape index (κ2) is 11.0. The molecule has 13 heteroatoms. The quantitative estimate of drug-likeness (QED) is 0.350. The van der Waals surface area contributed by atoms with Crippen LogP contribution in [-0.2, 0) is 14.8 Å². The number of carbonyl (C=O) groups excluding carboxylic acids is 2. The van der Waals surface area contributed by atoms with Crippen molar-refractivity contribution in [2.45, 2.75) is 55.6 Å². The van der Waals surface area contributed by atoms with Crippen LogP contribution in [0.2, 0.25) is 0 Å². The number of aromatic nitrogens is 3. The number of nitrogens with two attached hydrogens (primary N) is 1. The summed E-state index contributed by atoms with van der Waals surface area (Å²) < 4.78 is 28.2. The summed E-state index contributed by atoms with van der Waals surface area (Å²) in [7, 11) is -3.64. The molecule has 0 spiro atoms. The first-order chi connectivity index (χ1) is 15.8. The van der Waals surface area contributed by atoms with Gasteiger partial charge in [0.25, 0.3) is 0 Å². The molecule has 1 aromatic carbocycles. The van der Waals surface area contributed by atoms with E-state index in [2.05, 4.69) is 20.8 Å². The van der Waals surface area contributed by atoms with Gasteiger partial charge < -0.3 is 11.2 Å². The summed E-state index contributed by atoms with van der Waals surface area (Å²) in [6, 6.07) is 5.92. The zero-order valence-corrected chi connectivity index (χ0v) is 20.3. The highest BCUT2D eigenvalue weighted by Gasteiger charge is 2.23. The van der Waals surface area contributed by atoms with Crippen molar-refractivity contribution in [3.05, 3.63) is 24.3 Å². The Hall–Kier alpha value is -2.64. The first kappa shape index (κ1) is 25.0.